The van der Waals surface area contributed by atoms with E-state index in [0.29, 0.717) is 24.1 Å². The Morgan fingerprint density at radius 3 is 2.80 bits per heavy atom. The smallest absolute Gasteiger partial charge is 0.217 e. The minimum Gasteiger partial charge on any atom is -0.477 e. The van der Waals surface area contributed by atoms with Crippen molar-refractivity contribution in [2.45, 2.75) is 20.3 Å². The van der Waals surface area contributed by atoms with Crippen LogP contribution < -0.4 is 0 Å². The second-order valence-electron chi connectivity index (χ2n) is 3.75. The van der Waals surface area contributed by atoms with Crippen LogP contribution >= 0.6 is 0 Å². The second-order valence-corrected chi connectivity index (χ2v) is 3.75. The Labute approximate surface area is 90.5 Å². The van der Waals surface area contributed by atoms with E-state index in [1.165, 1.54) is 0 Å². The fourth-order valence-electron chi connectivity index (χ4n) is 1.34. The molecule has 0 radical (unpaired) electrons. The van der Waals surface area contributed by atoms with Crippen LogP contribution in [0.2, 0.25) is 0 Å². The second kappa shape index (κ2) is 5.66. The lowest BCUT2D eigenvalue weighted by atomic mass is 10.1. The number of aliphatic imine (C=N–C) groups is 1. The highest BCUT2D eigenvalue weighted by atomic mass is 16.5. The summed E-state index contributed by atoms with van der Waals surface area (Å²) in [5.74, 6) is 0.912. The number of ether oxygens (including phenoxy) is 2. The van der Waals surface area contributed by atoms with Gasteiger partial charge in [-0.2, -0.15) is 0 Å². The Hall–Kier alpha value is -1.16. The van der Waals surface area contributed by atoms with E-state index in [9.17, 15) is 0 Å². The standard InChI is InChI=1S/C11H18N2O2/c1-8(9(2)12)11(13-3)15-7-10-4-5-14-6-10/h10,12H,3-7H2,1-2H3/b11-8+,12-9?/t10-/m1/s1. The summed E-state index contributed by atoms with van der Waals surface area (Å²) >= 11 is 0. The van der Waals surface area contributed by atoms with E-state index in [-0.39, 0.29) is 0 Å². The zero-order chi connectivity index (χ0) is 11.3. The molecule has 0 unspecified atom stereocenters. The van der Waals surface area contributed by atoms with Crippen molar-refractivity contribution in [3.8, 4) is 0 Å². The topological polar surface area (TPSA) is 54.7 Å². The molecule has 0 aromatic carbocycles. The molecular formula is C11H18N2O2. The molecule has 0 aromatic heterocycles. The normalized spacial score (nSPS) is 22.1. The summed E-state index contributed by atoms with van der Waals surface area (Å²) in [6, 6.07) is 0. The lowest BCUT2D eigenvalue weighted by molar-refractivity contribution is 0.135. The fourth-order valence-corrected chi connectivity index (χ4v) is 1.34. The predicted octanol–water partition coefficient (Wildman–Crippen LogP) is 2.01. The molecule has 1 aliphatic rings. The monoisotopic (exact) mass is 210 g/mol. The third-order valence-electron chi connectivity index (χ3n) is 2.51. The van der Waals surface area contributed by atoms with Crippen LogP contribution in [0.3, 0.4) is 0 Å². The molecule has 1 fully saturated rings. The van der Waals surface area contributed by atoms with Gasteiger partial charge in [0.2, 0.25) is 5.88 Å². The molecule has 0 amide bonds. The number of hydrogen-bond acceptors (Lipinski definition) is 4. The third-order valence-corrected chi connectivity index (χ3v) is 2.51. The molecule has 0 spiro atoms. The van der Waals surface area contributed by atoms with E-state index in [1.54, 1.807) is 6.92 Å². The first-order chi connectivity index (χ1) is 7.15. The lowest BCUT2D eigenvalue weighted by Gasteiger charge is -2.12. The molecule has 1 aliphatic heterocycles. The zero-order valence-corrected chi connectivity index (χ0v) is 9.38. The molecule has 1 rings (SSSR count). The molecule has 1 atom stereocenters. The maximum Gasteiger partial charge on any atom is 0.217 e. The molecule has 0 aliphatic carbocycles. The zero-order valence-electron chi connectivity index (χ0n) is 9.38. The minimum atomic E-state index is 0.445. The summed E-state index contributed by atoms with van der Waals surface area (Å²) in [5, 5.41) is 7.47. The van der Waals surface area contributed by atoms with Crippen molar-refractivity contribution in [1.82, 2.24) is 0 Å². The average molecular weight is 210 g/mol. The maximum atomic E-state index is 7.47. The highest BCUT2D eigenvalue weighted by Gasteiger charge is 2.17. The van der Waals surface area contributed by atoms with Crippen molar-refractivity contribution >= 4 is 12.4 Å². The third kappa shape index (κ3) is 3.47. The van der Waals surface area contributed by atoms with Crippen molar-refractivity contribution in [2.24, 2.45) is 10.9 Å². The number of hydrogen-bond donors (Lipinski definition) is 1. The van der Waals surface area contributed by atoms with Gasteiger partial charge in [-0.25, -0.2) is 4.99 Å². The number of nitrogens with zero attached hydrogens (tertiary/aromatic N) is 1. The molecule has 1 N–H and O–H groups in total. The highest BCUT2D eigenvalue weighted by Crippen LogP contribution is 2.16. The van der Waals surface area contributed by atoms with Crippen LogP contribution in [0.5, 0.6) is 0 Å². The molecule has 0 saturated carbocycles. The first-order valence-electron chi connectivity index (χ1n) is 5.08. The molecule has 15 heavy (non-hydrogen) atoms. The largest absolute Gasteiger partial charge is 0.477 e. The van der Waals surface area contributed by atoms with Crippen molar-refractivity contribution in [2.75, 3.05) is 19.8 Å². The van der Waals surface area contributed by atoms with Crippen molar-refractivity contribution in [3.63, 3.8) is 0 Å². The van der Waals surface area contributed by atoms with Gasteiger partial charge < -0.3 is 14.9 Å². The van der Waals surface area contributed by atoms with Gasteiger partial charge in [0.25, 0.3) is 0 Å². The van der Waals surface area contributed by atoms with Crippen molar-refractivity contribution in [3.05, 3.63) is 11.5 Å². The molecule has 0 aromatic rings. The Bertz CT molecular complexity index is 278. The van der Waals surface area contributed by atoms with Gasteiger partial charge in [-0.1, -0.05) is 0 Å². The summed E-state index contributed by atoms with van der Waals surface area (Å²) in [7, 11) is 0. The Morgan fingerprint density at radius 1 is 1.60 bits per heavy atom. The Kier molecular flexibility index (Phi) is 4.49. The molecule has 4 heteroatoms. The van der Waals surface area contributed by atoms with Crippen LogP contribution in [0.15, 0.2) is 16.4 Å². The Morgan fingerprint density at radius 2 is 2.33 bits per heavy atom. The summed E-state index contributed by atoms with van der Waals surface area (Å²) < 4.78 is 10.8. The lowest BCUT2D eigenvalue weighted by Crippen LogP contribution is -2.10. The summed E-state index contributed by atoms with van der Waals surface area (Å²) in [6.45, 7) is 9.15. The fraction of sp³-hybridized carbons (Fsp3) is 0.636. The predicted molar refractivity (Wildman–Crippen MR) is 60.5 cm³/mol. The van der Waals surface area contributed by atoms with Crippen LogP contribution in [0.1, 0.15) is 20.3 Å². The van der Waals surface area contributed by atoms with Crippen LogP contribution in [0, 0.1) is 11.3 Å². The van der Waals surface area contributed by atoms with Crippen molar-refractivity contribution < 1.29 is 9.47 Å². The van der Waals surface area contributed by atoms with Crippen LogP contribution in [0.4, 0.5) is 0 Å². The van der Waals surface area contributed by atoms with Gasteiger partial charge in [0.05, 0.1) is 13.2 Å². The average Bonchev–Trinajstić information content (AvgIpc) is 2.71. The molecule has 4 nitrogen and oxygen atoms in total. The van der Waals surface area contributed by atoms with Gasteiger partial charge in [0, 0.05) is 23.8 Å². The van der Waals surface area contributed by atoms with Gasteiger partial charge in [-0.05, 0) is 27.0 Å². The van der Waals surface area contributed by atoms with E-state index in [1.807, 2.05) is 6.92 Å². The van der Waals surface area contributed by atoms with Crippen LogP contribution in [-0.4, -0.2) is 32.2 Å². The van der Waals surface area contributed by atoms with Gasteiger partial charge >= 0.3 is 0 Å². The molecule has 1 heterocycles. The van der Waals surface area contributed by atoms with Crippen LogP contribution in [0.25, 0.3) is 0 Å². The van der Waals surface area contributed by atoms with Gasteiger partial charge in [-0.3, -0.25) is 0 Å². The van der Waals surface area contributed by atoms with Gasteiger partial charge in [0.15, 0.2) is 0 Å². The maximum absolute atomic E-state index is 7.47. The summed E-state index contributed by atoms with van der Waals surface area (Å²) in [4.78, 5) is 3.80. The first-order valence-corrected chi connectivity index (χ1v) is 5.08. The van der Waals surface area contributed by atoms with Crippen LogP contribution in [-0.2, 0) is 9.47 Å². The van der Waals surface area contributed by atoms with E-state index in [0.717, 1.165) is 25.2 Å². The Balaban J connectivity index is 2.49. The number of rotatable bonds is 5. The molecular weight excluding hydrogens is 192 g/mol. The molecule has 84 valence electrons. The minimum absolute atomic E-state index is 0.445. The number of nitrogens with one attached hydrogen (secondary N) is 1. The van der Waals surface area contributed by atoms with E-state index < -0.39 is 0 Å². The molecule has 1 saturated heterocycles. The van der Waals surface area contributed by atoms with E-state index in [2.05, 4.69) is 11.7 Å². The summed E-state index contributed by atoms with van der Waals surface area (Å²) in [6.07, 6.45) is 1.03. The highest BCUT2D eigenvalue weighted by molar-refractivity contribution is 5.95. The summed E-state index contributed by atoms with van der Waals surface area (Å²) in [5.41, 5.74) is 1.20. The van der Waals surface area contributed by atoms with Gasteiger partial charge in [-0.15, -0.1) is 0 Å². The SMILES string of the molecule is C=N/C(OC[C@@H]1CCOC1)=C(/C)C(C)=N. The first kappa shape index (κ1) is 11.9. The quantitative estimate of drug-likeness (QED) is 0.557. The van der Waals surface area contributed by atoms with E-state index >= 15 is 0 Å². The number of allylic oxidation sites excluding steroid dienone is 1. The molecule has 0 bridgehead atoms. The van der Waals surface area contributed by atoms with Crippen molar-refractivity contribution in [1.29, 1.82) is 5.41 Å². The van der Waals surface area contributed by atoms with E-state index in [4.69, 9.17) is 14.9 Å². The van der Waals surface area contributed by atoms with Gasteiger partial charge in [0.1, 0.15) is 0 Å².